The van der Waals surface area contributed by atoms with Crippen LogP contribution in [0.3, 0.4) is 0 Å². The van der Waals surface area contributed by atoms with Gasteiger partial charge in [0.1, 0.15) is 6.54 Å². The quantitative estimate of drug-likeness (QED) is 0.342. The zero-order chi connectivity index (χ0) is 26.2. The van der Waals surface area contributed by atoms with Crippen molar-refractivity contribution in [2.75, 3.05) is 0 Å². The molecule has 15 heteroatoms. The predicted octanol–water partition coefficient (Wildman–Crippen LogP) is 2.78. The highest BCUT2D eigenvalue weighted by molar-refractivity contribution is 9.10. The third kappa shape index (κ3) is 5.20. The van der Waals surface area contributed by atoms with Crippen molar-refractivity contribution >= 4 is 33.4 Å². The molecule has 0 aliphatic carbocycles. The minimum atomic E-state index is -4.96. The maximum absolute atomic E-state index is 13.0. The lowest BCUT2D eigenvalue weighted by Crippen LogP contribution is -2.37. The van der Waals surface area contributed by atoms with Gasteiger partial charge in [-0.25, -0.2) is 19.1 Å². The molecule has 36 heavy (non-hydrogen) atoms. The van der Waals surface area contributed by atoms with E-state index in [9.17, 15) is 27.9 Å². The summed E-state index contributed by atoms with van der Waals surface area (Å²) in [5.41, 5.74) is 5.21. The molecule has 3 N–H and O–H groups in total. The number of carbonyl (C=O) groups is 1. The number of benzene rings is 2. The molecular formula is C21H16BrClF3N7O3. The van der Waals surface area contributed by atoms with Gasteiger partial charge in [0, 0.05) is 15.1 Å². The van der Waals surface area contributed by atoms with Crippen molar-refractivity contribution in [1.29, 1.82) is 0 Å². The lowest BCUT2D eigenvalue weighted by atomic mass is 10.2. The lowest BCUT2D eigenvalue weighted by Gasteiger charge is -2.15. The summed E-state index contributed by atoms with van der Waals surface area (Å²) >= 11 is 9.24. The van der Waals surface area contributed by atoms with Gasteiger partial charge in [-0.1, -0.05) is 23.7 Å². The number of para-hydroxylation sites is 1. The Morgan fingerprint density at radius 1 is 1.14 bits per heavy atom. The van der Waals surface area contributed by atoms with E-state index in [1.807, 2.05) is 0 Å². The van der Waals surface area contributed by atoms with E-state index in [2.05, 4.69) is 31.1 Å². The van der Waals surface area contributed by atoms with Crippen LogP contribution in [0.2, 0.25) is 5.02 Å². The van der Waals surface area contributed by atoms with Crippen LogP contribution in [0.5, 0.6) is 0 Å². The molecule has 1 unspecified atom stereocenters. The van der Waals surface area contributed by atoms with Crippen molar-refractivity contribution in [2.45, 2.75) is 25.4 Å². The molecule has 0 spiro atoms. The minimum absolute atomic E-state index is 0.0506. The van der Waals surface area contributed by atoms with Gasteiger partial charge in [0.25, 0.3) is 5.91 Å². The van der Waals surface area contributed by atoms with Crippen LogP contribution in [0.1, 0.15) is 16.4 Å². The Morgan fingerprint density at radius 3 is 2.42 bits per heavy atom. The number of nitrogens with two attached hydrogens (primary N) is 1. The number of hydrogen-bond acceptors (Lipinski definition) is 6. The third-order valence-corrected chi connectivity index (χ3v) is 5.92. The molecular weight excluding hydrogens is 571 g/mol. The number of alkyl halides is 3. The number of nitrogens with zero attached hydrogens (tertiary/aromatic N) is 6. The largest absolute Gasteiger partial charge is 0.416 e. The van der Waals surface area contributed by atoms with Gasteiger partial charge in [0.2, 0.25) is 5.82 Å². The topological polar surface area (TPSA) is 134 Å². The highest BCUT2D eigenvalue weighted by atomic mass is 79.9. The summed E-state index contributed by atoms with van der Waals surface area (Å²) in [6.07, 6.45) is -7.77. The van der Waals surface area contributed by atoms with Crippen molar-refractivity contribution in [3.05, 3.63) is 80.2 Å². The zero-order valence-corrected chi connectivity index (χ0v) is 20.4. The van der Waals surface area contributed by atoms with Gasteiger partial charge in [-0.15, -0.1) is 10.2 Å². The van der Waals surface area contributed by atoms with E-state index in [0.717, 1.165) is 4.68 Å². The van der Waals surface area contributed by atoms with Gasteiger partial charge >= 0.3 is 11.9 Å². The van der Waals surface area contributed by atoms with Gasteiger partial charge in [-0.2, -0.15) is 13.2 Å². The minimum Gasteiger partial charge on any atom is -0.382 e. The molecule has 188 valence electrons. The van der Waals surface area contributed by atoms with Gasteiger partial charge in [0.05, 0.1) is 12.2 Å². The van der Waals surface area contributed by atoms with Crippen LogP contribution in [0.25, 0.3) is 17.1 Å². The highest BCUT2D eigenvalue weighted by Crippen LogP contribution is 2.24. The average Bonchev–Trinajstić information content (AvgIpc) is 3.36. The first-order chi connectivity index (χ1) is 17.0. The van der Waals surface area contributed by atoms with Crippen molar-refractivity contribution in [2.24, 2.45) is 5.73 Å². The Bertz CT molecular complexity index is 1480. The van der Waals surface area contributed by atoms with Gasteiger partial charge in [0.15, 0.2) is 17.8 Å². The summed E-state index contributed by atoms with van der Waals surface area (Å²) in [5.74, 6) is -1.31. The van der Waals surface area contributed by atoms with Gasteiger partial charge in [-0.05, 0) is 52.3 Å². The molecule has 10 nitrogen and oxygen atoms in total. The van der Waals surface area contributed by atoms with Crippen LogP contribution in [-0.2, 0) is 13.1 Å². The molecule has 2 aromatic carbocycles. The number of rotatable bonds is 7. The smallest absolute Gasteiger partial charge is 0.382 e. The molecule has 0 radical (unpaired) electrons. The highest BCUT2D eigenvalue weighted by Gasteiger charge is 2.39. The maximum Gasteiger partial charge on any atom is 0.416 e. The Morgan fingerprint density at radius 2 is 1.81 bits per heavy atom. The lowest BCUT2D eigenvalue weighted by molar-refractivity contribution is -0.207. The number of aliphatic hydroxyl groups excluding tert-OH is 1. The summed E-state index contributed by atoms with van der Waals surface area (Å²) in [6, 6.07) is 12.7. The van der Waals surface area contributed by atoms with E-state index in [4.69, 9.17) is 17.3 Å². The predicted molar refractivity (Wildman–Crippen MR) is 126 cm³/mol. The van der Waals surface area contributed by atoms with E-state index in [1.165, 1.54) is 28.9 Å². The molecule has 0 aliphatic heterocycles. The molecule has 0 aliphatic rings. The molecule has 2 heterocycles. The Labute approximate surface area is 213 Å². The number of amides is 1. The van der Waals surface area contributed by atoms with Crippen LogP contribution in [0.15, 0.2) is 57.8 Å². The molecule has 1 amide bonds. The van der Waals surface area contributed by atoms with E-state index in [-0.39, 0.29) is 23.0 Å². The normalized spacial score (nSPS) is 12.6. The molecule has 1 atom stereocenters. The maximum atomic E-state index is 13.0. The first-order valence-corrected chi connectivity index (χ1v) is 11.3. The van der Waals surface area contributed by atoms with Crippen LogP contribution >= 0.6 is 27.5 Å². The van der Waals surface area contributed by atoms with Crippen molar-refractivity contribution in [3.63, 3.8) is 0 Å². The second-order valence-electron chi connectivity index (χ2n) is 7.52. The van der Waals surface area contributed by atoms with E-state index in [1.54, 1.807) is 24.3 Å². The monoisotopic (exact) mass is 585 g/mol. The van der Waals surface area contributed by atoms with E-state index < -0.39 is 37.0 Å². The fraction of sp³-hybridized carbons (Fsp3) is 0.190. The first-order valence-electron chi connectivity index (χ1n) is 10.1. The van der Waals surface area contributed by atoms with Crippen LogP contribution in [0.4, 0.5) is 13.2 Å². The standard InChI is InChI=1S/C21H16BrClF3N7O3/c22-13-3-1-2-4-14(13)33-19(17(27)35)28-16(29-33)10-32-20(36)31(9-15(34)21(24,25)26)18(30-32)11-5-7-12(23)8-6-11/h1-8,15,34H,9-10H2,(H2,27,35). The third-order valence-electron chi connectivity index (χ3n) is 5.00. The summed E-state index contributed by atoms with van der Waals surface area (Å²) in [6.45, 7) is -1.49. The number of carbonyl (C=O) groups excluding carboxylic acids is 1. The zero-order valence-electron chi connectivity index (χ0n) is 18.0. The van der Waals surface area contributed by atoms with Crippen molar-refractivity contribution < 1.29 is 23.1 Å². The molecule has 2 aromatic heterocycles. The van der Waals surface area contributed by atoms with E-state index in [0.29, 0.717) is 19.7 Å². The summed E-state index contributed by atoms with van der Waals surface area (Å²) < 4.78 is 42.4. The molecule has 0 saturated heterocycles. The van der Waals surface area contributed by atoms with E-state index >= 15 is 0 Å². The molecule has 4 rings (SSSR count). The molecule has 4 aromatic rings. The van der Waals surface area contributed by atoms with Gasteiger partial charge < -0.3 is 10.8 Å². The number of aromatic nitrogens is 6. The molecule has 0 saturated carbocycles. The Balaban J connectivity index is 1.78. The Kier molecular flexibility index (Phi) is 7.02. The summed E-state index contributed by atoms with van der Waals surface area (Å²) in [7, 11) is 0. The Hall–Kier alpha value is -3.49. The SMILES string of the molecule is NC(=O)c1nc(Cn2nc(-c3ccc(Cl)cc3)n(CC(O)C(F)(F)F)c2=O)nn1-c1ccccc1Br. The summed E-state index contributed by atoms with van der Waals surface area (Å²) in [4.78, 5) is 29.1. The molecule has 0 bridgehead atoms. The van der Waals surface area contributed by atoms with Crippen LogP contribution in [-0.4, -0.2) is 52.4 Å². The average molecular weight is 587 g/mol. The molecule has 0 fully saturated rings. The van der Waals surface area contributed by atoms with Crippen molar-refractivity contribution in [1.82, 2.24) is 29.1 Å². The number of halogens is 5. The van der Waals surface area contributed by atoms with Gasteiger partial charge in [-0.3, -0.25) is 9.36 Å². The second-order valence-corrected chi connectivity index (χ2v) is 8.81. The number of primary amides is 1. The second kappa shape index (κ2) is 9.87. The van der Waals surface area contributed by atoms with Crippen molar-refractivity contribution in [3.8, 4) is 17.1 Å². The fourth-order valence-electron chi connectivity index (χ4n) is 3.30. The number of hydrogen-bond donors (Lipinski definition) is 2. The summed E-state index contributed by atoms with van der Waals surface area (Å²) in [5, 5.41) is 18.4. The van der Waals surface area contributed by atoms with Crippen LogP contribution in [0, 0.1) is 0 Å². The number of aliphatic hydroxyl groups is 1. The van der Waals surface area contributed by atoms with Crippen LogP contribution < -0.4 is 11.4 Å². The fourth-order valence-corrected chi connectivity index (χ4v) is 3.88. The first kappa shape index (κ1) is 25.6.